The number of hydrogen-bond acceptors (Lipinski definition) is 2. The van der Waals surface area contributed by atoms with Crippen LogP contribution in [0.1, 0.15) is 45.6 Å². The Morgan fingerprint density at radius 2 is 2.05 bits per heavy atom. The van der Waals surface area contributed by atoms with Crippen LogP contribution in [0.15, 0.2) is 18.2 Å². The van der Waals surface area contributed by atoms with E-state index in [9.17, 15) is 9.65 Å². The smallest absolute Gasteiger partial charge is 0.125 e. The molecule has 0 amide bonds. The van der Waals surface area contributed by atoms with E-state index in [-0.39, 0.29) is 5.82 Å². The first-order chi connectivity index (χ1) is 8.94. The summed E-state index contributed by atoms with van der Waals surface area (Å²) in [7, 11) is 0. The molecule has 0 saturated heterocycles. The minimum Gasteiger partial charge on any atom is -0.367 e. The zero-order valence-corrected chi connectivity index (χ0v) is 12.3. The highest BCUT2D eigenvalue weighted by Crippen LogP contribution is 2.27. The Morgan fingerprint density at radius 1 is 1.37 bits per heavy atom. The third-order valence-electron chi connectivity index (χ3n) is 3.64. The molecule has 2 nitrogen and oxygen atoms in total. The van der Waals surface area contributed by atoms with E-state index in [4.69, 9.17) is 0 Å². The zero-order chi connectivity index (χ0) is 14.5. The fourth-order valence-electron chi connectivity index (χ4n) is 2.26. The molecule has 1 aromatic rings. The molecule has 104 valence electrons. The molecule has 0 radical (unpaired) electrons. The summed E-state index contributed by atoms with van der Waals surface area (Å²) in [6, 6.07) is 7.20. The number of nitrogens with one attached hydrogen (secondary N) is 1. The number of nitrogens with zero attached hydrogens (tertiary/aromatic N) is 1. The lowest BCUT2D eigenvalue weighted by Gasteiger charge is -2.30. The van der Waals surface area contributed by atoms with Gasteiger partial charge in [-0.05, 0) is 49.4 Å². The van der Waals surface area contributed by atoms with Gasteiger partial charge in [-0.15, -0.1) is 0 Å². The summed E-state index contributed by atoms with van der Waals surface area (Å²) in [6.07, 6.45) is 2.50. The van der Waals surface area contributed by atoms with Crippen molar-refractivity contribution in [1.82, 2.24) is 0 Å². The number of benzene rings is 1. The molecule has 0 aliphatic rings. The minimum atomic E-state index is -0.615. The van der Waals surface area contributed by atoms with Gasteiger partial charge >= 0.3 is 0 Å². The average Bonchev–Trinajstić information content (AvgIpc) is 2.36. The van der Waals surface area contributed by atoms with Crippen molar-refractivity contribution in [2.75, 3.05) is 5.32 Å². The third-order valence-corrected chi connectivity index (χ3v) is 3.64. The highest BCUT2D eigenvalue weighted by molar-refractivity contribution is 5.50. The van der Waals surface area contributed by atoms with Crippen LogP contribution in [-0.2, 0) is 0 Å². The summed E-state index contributed by atoms with van der Waals surface area (Å²) in [5.74, 6) is 0.190. The van der Waals surface area contributed by atoms with Gasteiger partial charge in [0.2, 0.25) is 0 Å². The molecular weight excluding hydrogens is 239 g/mol. The Hall–Kier alpha value is -1.56. The predicted molar refractivity (Wildman–Crippen MR) is 77.5 cm³/mol. The standard InChI is InChI=1S/C16H23FN2/c1-5-12(3)10-16(6-2,11-18)19-15-8-13(4)7-14(17)9-15/h7-9,12,19H,5-6,10H2,1-4H3. The number of rotatable bonds is 6. The number of anilines is 1. The number of hydrogen-bond donors (Lipinski definition) is 1. The van der Waals surface area contributed by atoms with Crippen molar-refractivity contribution < 1.29 is 4.39 Å². The van der Waals surface area contributed by atoms with Gasteiger partial charge in [0, 0.05) is 5.69 Å². The van der Waals surface area contributed by atoms with Crippen molar-refractivity contribution >= 4 is 5.69 Å². The first kappa shape index (κ1) is 15.5. The highest BCUT2D eigenvalue weighted by Gasteiger charge is 2.29. The summed E-state index contributed by atoms with van der Waals surface area (Å²) in [5.41, 5.74) is 0.925. The number of nitriles is 1. The molecule has 1 N–H and O–H groups in total. The Morgan fingerprint density at radius 3 is 2.53 bits per heavy atom. The fourth-order valence-corrected chi connectivity index (χ4v) is 2.26. The van der Waals surface area contributed by atoms with E-state index in [0.29, 0.717) is 18.0 Å². The lowest BCUT2D eigenvalue weighted by molar-refractivity contribution is 0.403. The van der Waals surface area contributed by atoms with Gasteiger partial charge in [-0.25, -0.2) is 4.39 Å². The Kier molecular flexibility index (Phi) is 5.35. The molecule has 2 atom stereocenters. The van der Waals surface area contributed by atoms with Crippen molar-refractivity contribution in [3.63, 3.8) is 0 Å². The predicted octanol–water partition coefficient (Wildman–Crippen LogP) is 4.65. The Labute approximate surface area is 115 Å². The summed E-state index contributed by atoms with van der Waals surface area (Å²) in [6.45, 7) is 8.10. The van der Waals surface area contributed by atoms with Crippen molar-refractivity contribution in [2.24, 2.45) is 5.92 Å². The average molecular weight is 262 g/mol. The highest BCUT2D eigenvalue weighted by atomic mass is 19.1. The maximum atomic E-state index is 13.4. The molecule has 2 unspecified atom stereocenters. The number of halogens is 1. The van der Waals surface area contributed by atoms with Gasteiger partial charge in [0.05, 0.1) is 6.07 Å². The second kappa shape index (κ2) is 6.56. The molecular formula is C16H23FN2. The summed E-state index contributed by atoms with van der Waals surface area (Å²) >= 11 is 0. The maximum absolute atomic E-state index is 13.4. The normalized spacial score (nSPS) is 15.4. The van der Waals surface area contributed by atoms with Gasteiger partial charge in [0.15, 0.2) is 0 Å². The van der Waals surface area contributed by atoms with Crippen molar-refractivity contribution in [1.29, 1.82) is 5.26 Å². The summed E-state index contributed by atoms with van der Waals surface area (Å²) in [4.78, 5) is 0. The second-order valence-electron chi connectivity index (χ2n) is 5.41. The van der Waals surface area contributed by atoms with E-state index in [1.807, 2.05) is 19.9 Å². The van der Waals surface area contributed by atoms with Crippen LogP contribution in [0, 0.1) is 30.0 Å². The zero-order valence-electron chi connectivity index (χ0n) is 12.3. The van der Waals surface area contributed by atoms with Crippen molar-refractivity contribution in [3.8, 4) is 6.07 Å². The minimum absolute atomic E-state index is 0.269. The van der Waals surface area contributed by atoms with Crippen LogP contribution in [-0.4, -0.2) is 5.54 Å². The lowest BCUT2D eigenvalue weighted by Crippen LogP contribution is -2.37. The van der Waals surface area contributed by atoms with Crippen LogP contribution in [0.4, 0.5) is 10.1 Å². The van der Waals surface area contributed by atoms with Gasteiger partial charge in [0.25, 0.3) is 0 Å². The molecule has 0 aromatic heterocycles. The maximum Gasteiger partial charge on any atom is 0.125 e. The Bertz CT molecular complexity index is 444. The summed E-state index contributed by atoms with van der Waals surface area (Å²) < 4.78 is 13.4. The summed E-state index contributed by atoms with van der Waals surface area (Å²) in [5, 5.41) is 12.8. The molecule has 0 saturated carbocycles. The topological polar surface area (TPSA) is 35.8 Å². The SMILES string of the molecule is CCC(C)CC(C#N)(CC)Nc1cc(C)cc(F)c1. The monoisotopic (exact) mass is 262 g/mol. The van der Waals surface area contributed by atoms with Crippen LogP contribution in [0.2, 0.25) is 0 Å². The van der Waals surface area contributed by atoms with Crippen LogP contribution in [0.3, 0.4) is 0 Å². The molecule has 0 aliphatic heterocycles. The van der Waals surface area contributed by atoms with Gasteiger partial charge in [-0.3, -0.25) is 0 Å². The van der Waals surface area contributed by atoms with Crippen LogP contribution in [0.5, 0.6) is 0 Å². The molecule has 19 heavy (non-hydrogen) atoms. The van der Waals surface area contributed by atoms with Crippen molar-refractivity contribution in [3.05, 3.63) is 29.6 Å². The van der Waals surface area contributed by atoms with E-state index in [2.05, 4.69) is 25.2 Å². The molecule has 3 heteroatoms. The van der Waals surface area contributed by atoms with E-state index in [1.54, 1.807) is 0 Å². The molecule has 0 spiro atoms. The second-order valence-corrected chi connectivity index (χ2v) is 5.41. The number of aryl methyl sites for hydroxylation is 1. The van der Waals surface area contributed by atoms with Crippen LogP contribution < -0.4 is 5.32 Å². The Balaban J connectivity index is 2.98. The van der Waals surface area contributed by atoms with Crippen LogP contribution >= 0.6 is 0 Å². The van der Waals surface area contributed by atoms with Crippen LogP contribution in [0.25, 0.3) is 0 Å². The van der Waals surface area contributed by atoms with Crippen molar-refractivity contribution in [2.45, 2.75) is 52.5 Å². The molecule has 0 aliphatic carbocycles. The largest absolute Gasteiger partial charge is 0.367 e. The molecule has 0 fully saturated rings. The van der Waals surface area contributed by atoms with Gasteiger partial charge in [-0.2, -0.15) is 5.26 Å². The fraction of sp³-hybridized carbons (Fsp3) is 0.562. The van der Waals surface area contributed by atoms with Gasteiger partial charge < -0.3 is 5.32 Å². The molecule has 0 heterocycles. The van der Waals surface area contributed by atoms with E-state index in [1.165, 1.54) is 12.1 Å². The molecule has 1 aromatic carbocycles. The first-order valence-corrected chi connectivity index (χ1v) is 6.91. The van der Waals surface area contributed by atoms with E-state index in [0.717, 1.165) is 18.4 Å². The molecule has 0 bridgehead atoms. The van der Waals surface area contributed by atoms with E-state index < -0.39 is 5.54 Å². The van der Waals surface area contributed by atoms with Gasteiger partial charge in [0.1, 0.15) is 11.4 Å². The van der Waals surface area contributed by atoms with E-state index >= 15 is 0 Å². The first-order valence-electron chi connectivity index (χ1n) is 6.91. The third kappa shape index (κ3) is 4.24. The lowest BCUT2D eigenvalue weighted by atomic mass is 9.85. The quantitative estimate of drug-likeness (QED) is 0.809. The van der Waals surface area contributed by atoms with Gasteiger partial charge in [-0.1, -0.05) is 27.2 Å². The molecule has 1 rings (SSSR count).